The second kappa shape index (κ2) is 5.63. The fourth-order valence-corrected chi connectivity index (χ4v) is 3.14. The molecule has 0 spiro atoms. The quantitative estimate of drug-likeness (QED) is 0.944. The third kappa shape index (κ3) is 2.99. The molecule has 5 heteroatoms. The summed E-state index contributed by atoms with van der Waals surface area (Å²) in [6.07, 6.45) is 0. The number of thiazole rings is 1. The Hall–Kier alpha value is -1.88. The van der Waals surface area contributed by atoms with Crippen LogP contribution in [0.3, 0.4) is 0 Å². The molecule has 2 rings (SSSR count). The maximum absolute atomic E-state index is 11.1. The molecular weight excluding hydrogens is 272 g/mol. The Morgan fingerprint density at radius 3 is 2.45 bits per heavy atom. The molecule has 0 radical (unpaired) electrons. The summed E-state index contributed by atoms with van der Waals surface area (Å²) < 4.78 is 1.85. The molecule has 0 fully saturated rings. The highest BCUT2D eigenvalue weighted by atomic mass is 32.1. The number of aryl methyl sites for hydroxylation is 2. The number of aromatic nitrogens is 1. The molecule has 0 aliphatic carbocycles. The van der Waals surface area contributed by atoms with E-state index in [1.165, 1.54) is 22.5 Å². The molecule has 0 aliphatic heterocycles. The van der Waals surface area contributed by atoms with Crippen LogP contribution in [0.15, 0.2) is 28.6 Å². The molecule has 1 N–H and O–H groups in total. The lowest BCUT2D eigenvalue weighted by Gasteiger charge is -2.06. The first kappa shape index (κ1) is 14.5. The first-order valence-electron chi connectivity index (χ1n) is 6.38. The van der Waals surface area contributed by atoms with Crippen LogP contribution in [0.4, 0.5) is 5.69 Å². The molecule has 1 unspecified atom stereocenters. The van der Waals surface area contributed by atoms with Gasteiger partial charge in [0.25, 0.3) is 0 Å². The van der Waals surface area contributed by atoms with E-state index in [9.17, 15) is 4.79 Å². The first-order chi connectivity index (χ1) is 9.38. The maximum atomic E-state index is 11.1. The van der Waals surface area contributed by atoms with Crippen molar-refractivity contribution < 1.29 is 9.90 Å². The van der Waals surface area contributed by atoms with Crippen LogP contribution in [-0.2, 0) is 11.8 Å². The molecule has 1 atom stereocenters. The van der Waals surface area contributed by atoms with Crippen LogP contribution in [0.2, 0.25) is 0 Å². The van der Waals surface area contributed by atoms with Gasteiger partial charge < -0.3 is 9.67 Å². The fraction of sp³-hybridized carbons (Fsp3) is 0.333. The summed E-state index contributed by atoms with van der Waals surface area (Å²) in [5, 5.41) is 11.0. The van der Waals surface area contributed by atoms with Gasteiger partial charge in [-0.3, -0.25) is 4.79 Å². The van der Waals surface area contributed by atoms with E-state index in [1.807, 2.05) is 43.0 Å². The molecule has 20 heavy (non-hydrogen) atoms. The number of carbonyl (C=O) groups is 1. The topological polar surface area (TPSA) is 54.6 Å². The number of carboxylic acid groups (broad SMARTS) is 1. The van der Waals surface area contributed by atoms with Crippen molar-refractivity contribution in [1.82, 2.24) is 4.57 Å². The highest BCUT2D eigenvalue weighted by molar-refractivity contribution is 7.07. The monoisotopic (exact) mass is 290 g/mol. The Labute approximate surface area is 122 Å². The second-order valence-electron chi connectivity index (χ2n) is 5.02. The van der Waals surface area contributed by atoms with Crippen LogP contribution in [0.5, 0.6) is 0 Å². The zero-order chi connectivity index (χ0) is 14.9. The standard InChI is InChI=1S/C15H18N2O2S/c1-9-5-10(2)7-12(6-9)16-15-17(4)13(8-20-15)11(3)14(18)19/h5-8,11H,1-4H3,(H,18,19)/b16-15+. The molecule has 4 nitrogen and oxygen atoms in total. The molecule has 0 saturated heterocycles. The predicted molar refractivity (Wildman–Crippen MR) is 80.5 cm³/mol. The van der Waals surface area contributed by atoms with Crippen LogP contribution in [0.25, 0.3) is 0 Å². The van der Waals surface area contributed by atoms with E-state index >= 15 is 0 Å². The maximum Gasteiger partial charge on any atom is 0.312 e. The normalized spacial score (nSPS) is 13.5. The highest BCUT2D eigenvalue weighted by Gasteiger charge is 2.17. The third-order valence-corrected chi connectivity index (χ3v) is 4.14. The summed E-state index contributed by atoms with van der Waals surface area (Å²) in [5.74, 6) is -1.35. The van der Waals surface area contributed by atoms with Gasteiger partial charge in [-0.1, -0.05) is 6.07 Å². The molecule has 1 heterocycles. The van der Waals surface area contributed by atoms with Crippen molar-refractivity contribution in [3.05, 3.63) is 45.2 Å². The third-order valence-electron chi connectivity index (χ3n) is 3.20. The highest BCUT2D eigenvalue weighted by Crippen LogP contribution is 2.18. The summed E-state index contributed by atoms with van der Waals surface area (Å²) >= 11 is 1.46. The van der Waals surface area contributed by atoms with E-state index in [4.69, 9.17) is 5.11 Å². The van der Waals surface area contributed by atoms with Crippen molar-refractivity contribution in [3.8, 4) is 0 Å². The van der Waals surface area contributed by atoms with Crippen LogP contribution in [0.1, 0.15) is 29.7 Å². The summed E-state index contributed by atoms with van der Waals surface area (Å²) in [4.78, 5) is 16.5. The lowest BCUT2D eigenvalue weighted by Crippen LogP contribution is -2.18. The number of nitrogens with zero attached hydrogens (tertiary/aromatic N) is 2. The van der Waals surface area contributed by atoms with E-state index in [1.54, 1.807) is 6.92 Å². The number of rotatable bonds is 3. The summed E-state index contributed by atoms with van der Waals surface area (Å²) in [6, 6.07) is 6.14. The number of benzene rings is 1. The van der Waals surface area contributed by atoms with Gasteiger partial charge in [-0.2, -0.15) is 0 Å². The van der Waals surface area contributed by atoms with Gasteiger partial charge in [-0.25, -0.2) is 4.99 Å². The van der Waals surface area contributed by atoms with Gasteiger partial charge in [0.1, 0.15) is 0 Å². The summed E-state index contributed by atoms with van der Waals surface area (Å²) in [7, 11) is 1.85. The Kier molecular flexibility index (Phi) is 4.09. The molecule has 1 aromatic heterocycles. The first-order valence-corrected chi connectivity index (χ1v) is 7.26. The number of aliphatic carboxylic acids is 1. The minimum atomic E-state index is -0.823. The van der Waals surface area contributed by atoms with Crippen molar-refractivity contribution in [2.45, 2.75) is 26.7 Å². The van der Waals surface area contributed by atoms with E-state index < -0.39 is 11.9 Å². The minimum Gasteiger partial charge on any atom is -0.481 e. The average molecular weight is 290 g/mol. The Bertz CT molecular complexity index is 693. The van der Waals surface area contributed by atoms with Gasteiger partial charge >= 0.3 is 5.97 Å². The summed E-state index contributed by atoms with van der Waals surface area (Å²) in [6.45, 7) is 5.77. The molecule has 106 valence electrons. The van der Waals surface area contributed by atoms with Gasteiger partial charge in [0.2, 0.25) is 0 Å². The SMILES string of the molecule is Cc1cc(C)cc(/N=c2/scc(C(C)C(=O)O)n2C)c1. The Balaban J connectivity index is 2.48. The lowest BCUT2D eigenvalue weighted by atomic mass is 10.1. The van der Waals surface area contributed by atoms with Gasteiger partial charge in [0.05, 0.1) is 11.6 Å². The largest absolute Gasteiger partial charge is 0.481 e. The van der Waals surface area contributed by atoms with Crippen molar-refractivity contribution in [2.24, 2.45) is 12.0 Å². The van der Waals surface area contributed by atoms with Gasteiger partial charge in [0.15, 0.2) is 4.80 Å². The van der Waals surface area contributed by atoms with Crippen LogP contribution < -0.4 is 4.80 Å². The lowest BCUT2D eigenvalue weighted by molar-refractivity contribution is -0.138. The molecule has 0 amide bonds. The van der Waals surface area contributed by atoms with Crippen LogP contribution >= 0.6 is 11.3 Å². The molecule has 1 aromatic carbocycles. The predicted octanol–water partition coefficient (Wildman–Crippen LogP) is 3.12. The summed E-state index contributed by atoms with van der Waals surface area (Å²) in [5.41, 5.74) is 4.00. The van der Waals surface area contributed by atoms with Crippen molar-refractivity contribution in [1.29, 1.82) is 0 Å². The van der Waals surface area contributed by atoms with Crippen molar-refractivity contribution in [3.63, 3.8) is 0 Å². The smallest absolute Gasteiger partial charge is 0.312 e. The molecule has 0 bridgehead atoms. The zero-order valence-electron chi connectivity index (χ0n) is 12.0. The minimum absolute atomic E-state index is 0.528. The van der Waals surface area contributed by atoms with E-state index in [2.05, 4.69) is 11.1 Å². The van der Waals surface area contributed by atoms with E-state index in [0.717, 1.165) is 16.2 Å². The average Bonchev–Trinajstić information content (AvgIpc) is 2.69. The Morgan fingerprint density at radius 1 is 1.30 bits per heavy atom. The van der Waals surface area contributed by atoms with E-state index in [0.29, 0.717) is 0 Å². The van der Waals surface area contributed by atoms with Gasteiger partial charge in [0, 0.05) is 18.1 Å². The van der Waals surface area contributed by atoms with Crippen LogP contribution in [0, 0.1) is 13.8 Å². The zero-order valence-corrected chi connectivity index (χ0v) is 12.9. The van der Waals surface area contributed by atoms with Crippen LogP contribution in [-0.4, -0.2) is 15.6 Å². The molecule has 0 aliphatic rings. The number of hydrogen-bond donors (Lipinski definition) is 1. The van der Waals surface area contributed by atoms with Crippen molar-refractivity contribution >= 4 is 23.0 Å². The second-order valence-corrected chi connectivity index (χ2v) is 5.86. The number of hydrogen-bond acceptors (Lipinski definition) is 3. The molecular formula is C15H18N2O2S. The van der Waals surface area contributed by atoms with Crippen molar-refractivity contribution in [2.75, 3.05) is 0 Å². The van der Waals surface area contributed by atoms with E-state index in [-0.39, 0.29) is 0 Å². The number of carboxylic acids is 1. The fourth-order valence-electron chi connectivity index (χ4n) is 2.13. The van der Waals surface area contributed by atoms with Gasteiger partial charge in [-0.05, 0) is 44.0 Å². The van der Waals surface area contributed by atoms with Gasteiger partial charge in [-0.15, -0.1) is 11.3 Å². The molecule has 0 saturated carbocycles. The molecule has 2 aromatic rings. The Morgan fingerprint density at radius 2 is 1.90 bits per heavy atom.